The fraction of sp³-hybridized carbons (Fsp3) is 0.188. The number of carbonyl (C=O) groups excluding carboxylic acids is 2. The van der Waals surface area contributed by atoms with Gasteiger partial charge in [-0.25, -0.2) is 4.79 Å². The molecule has 0 aliphatic carbocycles. The van der Waals surface area contributed by atoms with Gasteiger partial charge in [-0.05, 0) is 24.5 Å². The summed E-state index contributed by atoms with van der Waals surface area (Å²) < 4.78 is 0. The van der Waals surface area contributed by atoms with Crippen molar-refractivity contribution >= 4 is 17.5 Å². The van der Waals surface area contributed by atoms with Gasteiger partial charge in [-0.15, -0.1) is 0 Å². The molecule has 0 saturated heterocycles. The smallest absolute Gasteiger partial charge is 0.372 e. The summed E-state index contributed by atoms with van der Waals surface area (Å²) in [5.41, 5.74) is 3.31. The number of aromatic nitrogens is 1. The van der Waals surface area contributed by atoms with Crippen LogP contribution in [-0.2, 0) is 16.0 Å². The topological polar surface area (TPSA) is 87.2 Å². The van der Waals surface area contributed by atoms with Gasteiger partial charge in [0.1, 0.15) is 0 Å². The van der Waals surface area contributed by atoms with Crippen LogP contribution in [-0.4, -0.2) is 27.6 Å². The largest absolute Gasteiger partial charge is 0.475 e. The maximum absolute atomic E-state index is 12.0. The van der Waals surface area contributed by atoms with Crippen LogP contribution in [0.25, 0.3) is 0 Å². The van der Waals surface area contributed by atoms with E-state index in [-0.39, 0.29) is 0 Å². The molecule has 0 spiro atoms. The van der Waals surface area contributed by atoms with Crippen molar-refractivity contribution < 1.29 is 19.5 Å². The summed E-state index contributed by atoms with van der Waals surface area (Å²) in [5.74, 6) is -3.16. The molecule has 0 fully saturated rings. The first-order chi connectivity index (χ1) is 9.97. The third-order valence-electron chi connectivity index (χ3n) is 3.21. The van der Waals surface area contributed by atoms with Gasteiger partial charge in [0.05, 0.1) is 6.42 Å². The lowest BCUT2D eigenvalue weighted by Gasteiger charge is -2.03. The standard InChI is InChI=1S/C16H15NO4/c1-10-2-4-11(5-3-10)6-12-8-17-9-13(12)14(18)7-15(19)16(20)21/h2-5,8-9,17H,6-7H2,1H3,(H,20,21). The second-order valence-electron chi connectivity index (χ2n) is 4.88. The Labute approximate surface area is 121 Å². The Morgan fingerprint density at radius 3 is 2.38 bits per heavy atom. The van der Waals surface area contributed by atoms with Gasteiger partial charge in [0.2, 0.25) is 5.78 Å². The van der Waals surface area contributed by atoms with Crippen molar-refractivity contribution in [2.24, 2.45) is 0 Å². The monoisotopic (exact) mass is 285 g/mol. The molecular weight excluding hydrogens is 270 g/mol. The average molecular weight is 285 g/mol. The number of hydrogen-bond donors (Lipinski definition) is 2. The molecule has 0 atom stereocenters. The van der Waals surface area contributed by atoms with Crippen LogP contribution in [0.4, 0.5) is 0 Å². The van der Waals surface area contributed by atoms with Crippen LogP contribution < -0.4 is 0 Å². The molecule has 5 heteroatoms. The molecule has 21 heavy (non-hydrogen) atoms. The lowest BCUT2D eigenvalue weighted by Crippen LogP contribution is -2.17. The third-order valence-corrected chi connectivity index (χ3v) is 3.21. The summed E-state index contributed by atoms with van der Waals surface area (Å²) in [5, 5.41) is 8.55. The van der Waals surface area contributed by atoms with Crippen LogP contribution in [0.2, 0.25) is 0 Å². The van der Waals surface area contributed by atoms with E-state index in [2.05, 4.69) is 4.98 Å². The molecule has 5 nitrogen and oxygen atoms in total. The number of nitrogens with one attached hydrogen (secondary N) is 1. The molecule has 2 N–H and O–H groups in total. The molecule has 108 valence electrons. The molecule has 0 saturated carbocycles. The molecule has 2 aromatic rings. The molecule has 2 rings (SSSR count). The summed E-state index contributed by atoms with van der Waals surface area (Å²) >= 11 is 0. The minimum absolute atomic E-state index is 0.366. The molecule has 0 unspecified atom stereocenters. The molecule has 0 amide bonds. The Kier molecular flexibility index (Phi) is 4.33. The predicted octanol–water partition coefficient (Wildman–Crippen LogP) is 2.14. The van der Waals surface area contributed by atoms with Gasteiger partial charge in [-0.1, -0.05) is 29.8 Å². The van der Waals surface area contributed by atoms with Crippen molar-refractivity contribution in [1.82, 2.24) is 4.98 Å². The number of carboxylic acid groups (broad SMARTS) is 1. The van der Waals surface area contributed by atoms with Crippen molar-refractivity contribution in [3.63, 3.8) is 0 Å². The van der Waals surface area contributed by atoms with Crippen molar-refractivity contribution in [1.29, 1.82) is 0 Å². The van der Waals surface area contributed by atoms with E-state index in [1.165, 1.54) is 6.20 Å². The molecule has 1 aromatic carbocycles. The highest BCUT2D eigenvalue weighted by molar-refractivity contribution is 6.37. The molecular formula is C16H15NO4. The first-order valence-corrected chi connectivity index (χ1v) is 6.48. The van der Waals surface area contributed by atoms with Crippen LogP contribution in [0.5, 0.6) is 0 Å². The number of aliphatic carboxylic acids is 1. The summed E-state index contributed by atoms with van der Waals surface area (Å²) in [7, 11) is 0. The van der Waals surface area contributed by atoms with Crippen LogP contribution >= 0.6 is 0 Å². The lowest BCUT2D eigenvalue weighted by atomic mass is 9.99. The van der Waals surface area contributed by atoms with Crippen molar-refractivity contribution in [2.75, 3.05) is 0 Å². The number of rotatable bonds is 6. The van der Waals surface area contributed by atoms with E-state index in [9.17, 15) is 14.4 Å². The summed E-state index contributed by atoms with van der Waals surface area (Å²) in [6.07, 6.45) is 3.12. The van der Waals surface area contributed by atoms with Gasteiger partial charge < -0.3 is 10.1 Å². The van der Waals surface area contributed by atoms with Gasteiger partial charge in [0.25, 0.3) is 0 Å². The minimum Gasteiger partial charge on any atom is -0.475 e. The number of H-pyrrole nitrogens is 1. The number of carboxylic acids is 1. The Morgan fingerprint density at radius 1 is 1.10 bits per heavy atom. The zero-order chi connectivity index (χ0) is 15.4. The number of Topliss-reactive ketones (excluding diaryl/α,β-unsaturated/α-hetero) is 2. The number of aryl methyl sites for hydroxylation is 1. The Morgan fingerprint density at radius 2 is 1.76 bits per heavy atom. The fourth-order valence-corrected chi connectivity index (χ4v) is 2.04. The van der Waals surface area contributed by atoms with Gasteiger partial charge in [0, 0.05) is 18.0 Å². The molecule has 1 heterocycles. The van der Waals surface area contributed by atoms with E-state index in [1.54, 1.807) is 6.20 Å². The van der Waals surface area contributed by atoms with Crippen molar-refractivity contribution in [2.45, 2.75) is 19.8 Å². The van der Waals surface area contributed by atoms with E-state index in [0.717, 1.165) is 16.7 Å². The molecule has 0 radical (unpaired) electrons. The van der Waals surface area contributed by atoms with Crippen LogP contribution in [0.15, 0.2) is 36.7 Å². The Hall–Kier alpha value is -2.69. The highest BCUT2D eigenvalue weighted by atomic mass is 16.4. The highest BCUT2D eigenvalue weighted by Gasteiger charge is 2.20. The predicted molar refractivity (Wildman–Crippen MR) is 76.4 cm³/mol. The molecule has 0 aliphatic heterocycles. The second-order valence-corrected chi connectivity index (χ2v) is 4.88. The quantitative estimate of drug-likeness (QED) is 0.483. The van der Waals surface area contributed by atoms with E-state index in [0.29, 0.717) is 12.0 Å². The Balaban J connectivity index is 2.14. The van der Waals surface area contributed by atoms with E-state index < -0.39 is 24.0 Å². The summed E-state index contributed by atoms with van der Waals surface area (Å²) in [4.78, 5) is 36.4. The maximum atomic E-state index is 12.0. The maximum Gasteiger partial charge on any atom is 0.372 e. The lowest BCUT2D eigenvalue weighted by molar-refractivity contribution is -0.148. The number of carbonyl (C=O) groups is 3. The Bertz CT molecular complexity index is 683. The number of ketones is 2. The molecule has 1 aromatic heterocycles. The first-order valence-electron chi connectivity index (χ1n) is 6.48. The normalized spacial score (nSPS) is 10.3. The van der Waals surface area contributed by atoms with Gasteiger partial charge in [-0.2, -0.15) is 0 Å². The van der Waals surface area contributed by atoms with Crippen LogP contribution in [0.1, 0.15) is 33.5 Å². The zero-order valence-electron chi connectivity index (χ0n) is 11.6. The van der Waals surface area contributed by atoms with Crippen LogP contribution in [0, 0.1) is 6.92 Å². The van der Waals surface area contributed by atoms with Gasteiger partial charge in [-0.3, -0.25) is 9.59 Å². The average Bonchev–Trinajstić information content (AvgIpc) is 2.89. The summed E-state index contributed by atoms with van der Waals surface area (Å²) in [6, 6.07) is 7.91. The highest BCUT2D eigenvalue weighted by Crippen LogP contribution is 2.16. The SMILES string of the molecule is Cc1ccc(Cc2c[nH]cc2C(=O)CC(=O)C(=O)O)cc1. The summed E-state index contributed by atoms with van der Waals surface area (Å²) in [6.45, 7) is 1.99. The number of benzene rings is 1. The van der Waals surface area contributed by atoms with E-state index in [4.69, 9.17) is 5.11 Å². The first kappa shape index (κ1) is 14.7. The fourth-order valence-electron chi connectivity index (χ4n) is 2.04. The van der Waals surface area contributed by atoms with Gasteiger partial charge >= 0.3 is 5.97 Å². The van der Waals surface area contributed by atoms with E-state index >= 15 is 0 Å². The molecule has 0 bridgehead atoms. The van der Waals surface area contributed by atoms with Gasteiger partial charge in [0.15, 0.2) is 5.78 Å². The van der Waals surface area contributed by atoms with Crippen molar-refractivity contribution in [3.05, 3.63) is 58.9 Å². The van der Waals surface area contributed by atoms with E-state index in [1.807, 2.05) is 31.2 Å². The molecule has 0 aliphatic rings. The van der Waals surface area contributed by atoms with Crippen LogP contribution in [0.3, 0.4) is 0 Å². The zero-order valence-corrected chi connectivity index (χ0v) is 11.6. The van der Waals surface area contributed by atoms with Crippen molar-refractivity contribution in [3.8, 4) is 0 Å². The minimum atomic E-state index is -1.58. The number of hydrogen-bond acceptors (Lipinski definition) is 3. The second kappa shape index (κ2) is 6.17. The number of aromatic amines is 1. The third kappa shape index (κ3) is 3.66.